The van der Waals surface area contributed by atoms with E-state index in [0.29, 0.717) is 19.2 Å². The predicted octanol–water partition coefficient (Wildman–Crippen LogP) is 6.55. The second kappa shape index (κ2) is 19.4. The molecule has 0 rings (SSSR count). The SMILES string of the molecule is CCCCCCCOCO/C(OCCCC)=C(/CCC)OCCCC. The van der Waals surface area contributed by atoms with Gasteiger partial charge in [0.05, 0.1) is 19.8 Å². The molecule has 0 heterocycles. The Balaban J connectivity index is 4.32. The van der Waals surface area contributed by atoms with Gasteiger partial charge in [-0.3, -0.25) is 0 Å². The van der Waals surface area contributed by atoms with Crippen LogP contribution in [-0.2, 0) is 18.9 Å². The molecule has 0 unspecified atom stereocenters. The van der Waals surface area contributed by atoms with Crippen LogP contribution in [0.25, 0.3) is 0 Å². The largest absolute Gasteiger partial charge is 0.491 e. The molecule has 0 radical (unpaired) electrons. The number of ether oxygens (including phenoxy) is 4. The zero-order valence-electron chi connectivity index (χ0n) is 17.2. The van der Waals surface area contributed by atoms with E-state index < -0.39 is 0 Å². The molecule has 0 amide bonds. The van der Waals surface area contributed by atoms with Crippen molar-refractivity contribution in [3.05, 3.63) is 11.7 Å². The van der Waals surface area contributed by atoms with Crippen molar-refractivity contribution in [1.82, 2.24) is 0 Å². The Morgan fingerprint density at radius 1 is 0.560 bits per heavy atom. The normalized spacial score (nSPS) is 12.0. The van der Waals surface area contributed by atoms with Gasteiger partial charge in [0, 0.05) is 6.42 Å². The smallest absolute Gasteiger partial charge is 0.321 e. The summed E-state index contributed by atoms with van der Waals surface area (Å²) in [6, 6.07) is 0. The minimum Gasteiger partial charge on any atom is -0.491 e. The summed E-state index contributed by atoms with van der Waals surface area (Å²) in [5, 5.41) is 0. The maximum Gasteiger partial charge on any atom is 0.321 e. The van der Waals surface area contributed by atoms with Gasteiger partial charge >= 0.3 is 5.95 Å². The Morgan fingerprint density at radius 3 is 1.84 bits per heavy atom. The van der Waals surface area contributed by atoms with Crippen LogP contribution in [0.4, 0.5) is 0 Å². The third kappa shape index (κ3) is 15.1. The monoisotopic (exact) mass is 358 g/mol. The van der Waals surface area contributed by atoms with Crippen molar-refractivity contribution < 1.29 is 18.9 Å². The quantitative estimate of drug-likeness (QED) is 0.149. The third-order valence-corrected chi connectivity index (χ3v) is 3.88. The van der Waals surface area contributed by atoms with E-state index in [0.717, 1.165) is 57.3 Å². The van der Waals surface area contributed by atoms with Crippen molar-refractivity contribution in [2.24, 2.45) is 0 Å². The van der Waals surface area contributed by atoms with E-state index in [1.807, 2.05) is 0 Å². The van der Waals surface area contributed by atoms with E-state index in [9.17, 15) is 0 Å². The molecule has 0 saturated carbocycles. The Hall–Kier alpha value is -0.900. The van der Waals surface area contributed by atoms with Crippen molar-refractivity contribution in [3.63, 3.8) is 0 Å². The van der Waals surface area contributed by atoms with Gasteiger partial charge in [-0.15, -0.1) is 0 Å². The highest BCUT2D eigenvalue weighted by Gasteiger charge is 2.12. The molecule has 0 aromatic heterocycles. The molecule has 0 aromatic rings. The Kier molecular flexibility index (Phi) is 18.7. The summed E-state index contributed by atoms with van der Waals surface area (Å²) >= 11 is 0. The van der Waals surface area contributed by atoms with Crippen molar-refractivity contribution in [3.8, 4) is 0 Å². The van der Waals surface area contributed by atoms with Crippen LogP contribution in [-0.4, -0.2) is 26.6 Å². The minimum atomic E-state index is 0.236. The molecule has 25 heavy (non-hydrogen) atoms. The highest BCUT2D eigenvalue weighted by atomic mass is 16.7. The van der Waals surface area contributed by atoms with E-state index >= 15 is 0 Å². The molecule has 0 saturated heterocycles. The second-order valence-electron chi connectivity index (χ2n) is 6.45. The van der Waals surface area contributed by atoms with E-state index in [1.165, 1.54) is 25.7 Å². The second-order valence-corrected chi connectivity index (χ2v) is 6.45. The Morgan fingerprint density at radius 2 is 1.20 bits per heavy atom. The third-order valence-electron chi connectivity index (χ3n) is 3.88. The van der Waals surface area contributed by atoms with Crippen LogP contribution < -0.4 is 0 Å². The van der Waals surface area contributed by atoms with Gasteiger partial charge in [-0.25, -0.2) is 0 Å². The molecule has 0 atom stereocenters. The highest BCUT2D eigenvalue weighted by molar-refractivity contribution is 4.95. The van der Waals surface area contributed by atoms with Gasteiger partial charge in [-0.05, 0) is 25.7 Å². The van der Waals surface area contributed by atoms with Crippen LogP contribution in [0.1, 0.15) is 98.3 Å². The van der Waals surface area contributed by atoms with Crippen molar-refractivity contribution >= 4 is 0 Å². The average Bonchev–Trinajstić information content (AvgIpc) is 2.62. The predicted molar refractivity (Wildman–Crippen MR) is 104 cm³/mol. The van der Waals surface area contributed by atoms with Gasteiger partial charge in [0.2, 0.25) is 0 Å². The van der Waals surface area contributed by atoms with Gasteiger partial charge in [-0.1, -0.05) is 66.2 Å². The molecule has 0 aliphatic rings. The summed E-state index contributed by atoms with van der Waals surface area (Å²) in [6.45, 7) is 11.0. The lowest BCUT2D eigenvalue weighted by molar-refractivity contribution is -0.0844. The maximum atomic E-state index is 5.91. The van der Waals surface area contributed by atoms with Crippen LogP contribution in [0.15, 0.2) is 11.7 Å². The lowest BCUT2D eigenvalue weighted by atomic mass is 10.2. The van der Waals surface area contributed by atoms with Gasteiger partial charge in [0.25, 0.3) is 0 Å². The van der Waals surface area contributed by atoms with Crippen LogP contribution in [0.5, 0.6) is 0 Å². The van der Waals surface area contributed by atoms with E-state index in [2.05, 4.69) is 27.7 Å². The number of allylic oxidation sites excluding steroid dienone is 1. The van der Waals surface area contributed by atoms with Gasteiger partial charge in [0.15, 0.2) is 12.6 Å². The van der Waals surface area contributed by atoms with Crippen LogP contribution >= 0.6 is 0 Å². The van der Waals surface area contributed by atoms with E-state index in [-0.39, 0.29) is 6.79 Å². The molecule has 0 aliphatic carbocycles. The molecule has 0 N–H and O–H groups in total. The molecular formula is C21H42O4. The number of rotatable bonds is 19. The zero-order chi connectivity index (χ0) is 18.6. The van der Waals surface area contributed by atoms with Crippen LogP contribution in [0.2, 0.25) is 0 Å². The Bertz CT molecular complexity index is 302. The topological polar surface area (TPSA) is 36.9 Å². The van der Waals surface area contributed by atoms with Gasteiger partial charge < -0.3 is 18.9 Å². The van der Waals surface area contributed by atoms with Gasteiger partial charge in [0.1, 0.15) is 0 Å². The molecule has 0 aliphatic heterocycles. The number of hydrogen-bond donors (Lipinski definition) is 0. The number of unbranched alkanes of at least 4 members (excludes halogenated alkanes) is 6. The van der Waals surface area contributed by atoms with E-state index in [4.69, 9.17) is 18.9 Å². The summed E-state index contributed by atoms with van der Waals surface area (Å²) in [5.74, 6) is 1.36. The Labute approximate surface area is 156 Å². The fourth-order valence-electron chi connectivity index (χ4n) is 2.27. The van der Waals surface area contributed by atoms with Crippen molar-refractivity contribution in [2.75, 3.05) is 26.6 Å². The maximum absolute atomic E-state index is 5.91. The summed E-state index contributed by atoms with van der Waals surface area (Å²) in [6.07, 6.45) is 12.3. The number of hydrogen-bond acceptors (Lipinski definition) is 4. The standard InChI is InChI=1S/C21H42O4/c1-5-9-12-13-14-16-22-19-25-21(24-18-11-7-3)20(15-8-4)23-17-10-6-2/h5-19H2,1-4H3/b21-20-. The molecule has 0 aromatic carbocycles. The average molecular weight is 359 g/mol. The van der Waals surface area contributed by atoms with Crippen molar-refractivity contribution in [1.29, 1.82) is 0 Å². The summed E-state index contributed by atoms with van der Waals surface area (Å²) < 4.78 is 23.1. The molecule has 0 spiro atoms. The lowest BCUT2D eigenvalue weighted by Crippen LogP contribution is -2.10. The molecule has 4 heteroatoms. The zero-order valence-corrected chi connectivity index (χ0v) is 17.2. The first-order chi connectivity index (χ1) is 12.3. The summed E-state index contributed by atoms with van der Waals surface area (Å²) in [4.78, 5) is 0. The first-order valence-electron chi connectivity index (χ1n) is 10.5. The van der Waals surface area contributed by atoms with Crippen molar-refractivity contribution in [2.45, 2.75) is 98.3 Å². The molecular weight excluding hydrogens is 316 g/mol. The first kappa shape index (κ1) is 24.1. The lowest BCUT2D eigenvalue weighted by Gasteiger charge is -2.17. The van der Waals surface area contributed by atoms with Gasteiger partial charge in [-0.2, -0.15) is 0 Å². The minimum absolute atomic E-state index is 0.236. The molecule has 0 fully saturated rings. The summed E-state index contributed by atoms with van der Waals surface area (Å²) in [7, 11) is 0. The highest BCUT2D eigenvalue weighted by Crippen LogP contribution is 2.17. The fraction of sp³-hybridized carbons (Fsp3) is 0.905. The first-order valence-corrected chi connectivity index (χ1v) is 10.5. The van der Waals surface area contributed by atoms with E-state index in [1.54, 1.807) is 0 Å². The van der Waals surface area contributed by atoms with Crippen LogP contribution in [0.3, 0.4) is 0 Å². The molecule has 0 bridgehead atoms. The molecule has 150 valence electrons. The molecule has 4 nitrogen and oxygen atoms in total. The summed E-state index contributed by atoms with van der Waals surface area (Å²) in [5.41, 5.74) is 0. The fourth-order valence-corrected chi connectivity index (χ4v) is 2.27. The van der Waals surface area contributed by atoms with Crippen LogP contribution in [0, 0.1) is 0 Å².